The second-order valence-corrected chi connectivity index (χ2v) is 3.69. The fourth-order valence-corrected chi connectivity index (χ4v) is 1.49. The summed E-state index contributed by atoms with van der Waals surface area (Å²) in [6.07, 6.45) is 2.78. The van der Waals surface area contributed by atoms with E-state index in [-0.39, 0.29) is 5.82 Å². The molecule has 18 heavy (non-hydrogen) atoms. The van der Waals surface area contributed by atoms with Crippen LogP contribution in [0.1, 0.15) is 5.69 Å². The van der Waals surface area contributed by atoms with E-state index < -0.39 is 5.91 Å². The standard InChI is InChI=1S/C14H11FN2O/c15-11-6-4-10(5-7-11)13-3-1-2-12(17-13)8-9-14(16)18/h1-9H,(H2,16,18)/b9-8-. The van der Waals surface area contributed by atoms with E-state index in [1.807, 2.05) is 12.1 Å². The minimum Gasteiger partial charge on any atom is -0.366 e. The second-order valence-electron chi connectivity index (χ2n) is 3.69. The summed E-state index contributed by atoms with van der Waals surface area (Å²) in [5.41, 5.74) is 7.15. The van der Waals surface area contributed by atoms with Crippen LogP contribution in [0.2, 0.25) is 0 Å². The quantitative estimate of drug-likeness (QED) is 0.840. The van der Waals surface area contributed by atoms with E-state index >= 15 is 0 Å². The molecule has 1 aromatic heterocycles. The molecule has 0 aliphatic carbocycles. The summed E-state index contributed by atoms with van der Waals surface area (Å²) >= 11 is 0. The van der Waals surface area contributed by atoms with Crippen molar-refractivity contribution in [3.63, 3.8) is 0 Å². The lowest BCUT2D eigenvalue weighted by Gasteiger charge is -2.01. The van der Waals surface area contributed by atoms with E-state index in [2.05, 4.69) is 4.98 Å². The van der Waals surface area contributed by atoms with Crippen molar-refractivity contribution in [2.24, 2.45) is 5.73 Å². The van der Waals surface area contributed by atoms with Gasteiger partial charge < -0.3 is 5.73 Å². The number of primary amides is 1. The fourth-order valence-electron chi connectivity index (χ4n) is 1.49. The fraction of sp³-hybridized carbons (Fsp3) is 0. The van der Waals surface area contributed by atoms with Gasteiger partial charge in [0.15, 0.2) is 0 Å². The van der Waals surface area contributed by atoms with Gasteiger partial charge in [-0.25, -0.2) is 9.37 Å². The molecule has 1 heterocycles. The van der Waals surface area contributed by atoms with Crippen LogP contribution in [0.3, 0.4) is 0 Å². The molecule has 0 bridgehead atoms. The number of nitrogens with zero attached hydrogens (tertiary/aromatic N) is 1. The van der Waals surface area contributed by atoms with Crippen LogP contribution in [-0.2, 0) is 4.79 Å². The average Bonchev–Trinajstić information content (AvgIpc) is 2.37. The third-order valence-corrected chi connectivity index (χ3v) is 2.33. The molecule has 0 saturated heterocycles. The lowest BCUT2D eigenvalue weighted by atomic mass is 10.1. The van der Waals surface area contributed by atoms with Crippen molar-refractivity contribution in [2.75, 3.05) is 0 Å². The normalized spacial score (nSPS) is 10.7. The Kier molecular flexibility index (Phi) is 3.48. The molecule has 0 unspecified atom stereocenters. The Morgan fingerprint density at radius 2 is 1.89 bits per heavy atom. The Bertz CT molecular complexity index is 591. The SMILES string of the molecule is NC(=O)/C=C\c1cccc(-c2ccc(F)cc2)n1. The monoisotopic (exact) mass is 242 g/mol. The highest BCUT2D eigenvalue weighted by atomic mass is 19.1. The molecule has 0 saturated carbocycles. The van der Waals surface area contributed by atoms with Gasteiger partial charge >= 0.3 is 0 Å². The molecule has 0 atom stereocenters. The molecule has 90 valence electrons. The van der Waals surface area contributed by atoms with Crippen molar-refractivity contribution in [1.82, 2.24) is 4.98 Å². The van der Waals surface area contributed by atoms with E-state index in [1.165, 1.54) is 24.3 Å². The van der Waals surface area contributed by atoms with E-state index in [0.29, 0.717) is 11.4 Å². The molecule has 2 N–H and O–H groups in total. The third-order valence-electron chi connectivity index (χ3n) is 2.33. The minimum atomic E-state index is -0.524. The highest BCUT2D eigenvalue weighted by Crippen LogP contribution is 2.17. The maximum atomic E-state index is 12.8. The molecule has 0 radical (unpaired) electrons. The molecule has 0 spiro atoms. The number of aromatic nitrogens is 1. The van der Waals surface area contributed by atoms with Crippen molar-refractivity contribution < 1.29 is 9.18 Å². The number of carbonyl (C=O) groups is 1. The van der Waals surface area contributed by atoms with Gasteiger partial charge in [0.25, 0.3) is 0 Å². The number of hydrogen-bond acceptors (Lipinski definition) is 2. The average molecular weight is 242 g/mol. The first-order valence-corrected chi connectivity index (χ1v) is 5.36. The van der Waals surface area contributed by atoms with Gasteiger partial charge in [0.05, 0.1) is 11.4 Å². The van der Waals surface area contributed by atoms with Crippen LogP contribution in [0, 0.1) is 5.82 Å². The predicted octanol–water partition coefficient (Wildman–Crippen LogP) is 2.39. The largest absolute Gasteiger partial charge is 0.366 e. The summed E-state index contributed by atoms with van der Waals surface area (Å²) in [6, 6.07) is 11.4. The van der Waals surface area contributed by atoms with Crippen molar-refractivity contribution in [3.05, 3.63) is 60.1 Å². The summed E-state index contributed by atoms with van der Waals surface area (Å²) in [5, 5.41) is 0. The summed E-state index contributed by atoms with van der Waals surface area (Å²) in [6.45, 7) is 0. The lowest BCUT2D eigenvalue weighted by Crippen LogP contribution is -2.05. The van der Waals surface area contributed by atoms with Crippen LogP contribution in [0.15, 0.2) is 48.5 Å². The molecule has 1 aromatic carbocycles. The number of halogens is 1. The zero-order valence-corrected chi connectivity index (χ0v) is 9.51. The van der Waals surface area contributed by atoms with Crippen LogP contribution >= 0.6 is 0 Å². The van der Waals surface area contributed by atoms with Crippen LogP contribution in [0.5, 0.6) is 0 Å². The Morgan fingerprint density at radius 1 is 1.17 bits per heavy atom. The van der Waals surface area contributed by atoms with Gasteiger partial charge in [-0.15, -0.1) is 0 Å². The lowest BCUT2D eigenvalue weighted by molar-refractivity contribution is -0.113. The topological polar surface area (TPSA) is 56.0 Å². The van der Waals surface area contributed by atoms with Gasteiger partial charge in [-0.1, -0.05) is 6.07 Å². The smallest absolute Gasteiger partial charge is 0.241 e. The maximum absolute atomic E-state index is 12.8. The first-order chi connectivity index (χ1) is 8.65. The number of carbonyl (C=O) groups excluding carboxylic acids is 1. The molecule has 1 amide bonds. The molecule has 4 heteroatoms. The molecule has 3 nitrogen and oxygen atoms in total. The summed E-state index contributed by atoms with van der Waals surface area (Å²) < 4.78 is 12.8. The van der Waals surface area contributed by atoms with Crippen molar-refractivity contribution in [2.45, 2.75) is 0 Å². The number of benzene rings is 1. The van der Waals surface area contributed by atoms with E-state index in [1.54, 1.807) is 18.2 Å². The van der Waals surface area contributed by atoms with Gasteiger partial charge in [-0.3, -0.25) is 4.79 Å². The highest BCUT2D eigenvalue weighted by molar-refractivity contribution is 5.90. The third kappa shape index (κ3) is 3.01. The predicted molar refractivity (Wildman–Crippen MR) is 67.9 cm³/mol. The molecular formula is C14H11FN2O. The first kappa shape index (κ1) is 12.0. The van der Waals surface area contributed by atoms with E-state index in [9.17, 15) is 9.18 Å². The van der Waals surface area contributed by atoms with Crippen LogP contribution < -0.4 is 5.73 Å². The molecule has 2 aromatic rings. The van der Waals surface area contributed by atoms with E-state index in [0.717, 1.165) is 5.56 Å². The molecule has 0 aliphatic rings. The second kappa shape index (κ2) is 5.23. The number of amides is 1. The molecule has 2 rings (SSSR count). The molecule has 0 aliphatic heterocycles. The van der Waals surface area contributed by atoms with Crippen molar-refractivity contribution in [1.29, 1.82) is 0 Å². The Balaban J connectivity index is 2.32. The first-order valence-electron chi connectivity index (χ1n) is 5.36. The Morgan fingerprint density at radius 3 is 2.56 bits per heavy atom. The summed E-state index contributed by atoms with van der Waals surface area (Å²) in [7, 11) is 0. The van der Waals surface area contributed by atoms with Crippen molar-refractivity contribution in [3.8, 4) is 11.3 Å². The highest BCUT2D eigenvalue weighted by Gasteiger charge is 2.00. The zero-order valence-electron chi connectivity index (χ0n) is 9.51. The minimum absolute atomic E-state index is 0.288. The number of nitrogens with two attached hydrogens (primary N) is 1. The van der Waals surface area contributed by atoms with Gasteiger partial charge in [0.2, 0.25) is 5.91 Å². The van der Waals surface area contributed by atoms with Crippen LogP contribution in [0.25, 0.3) is 17.3 Å². The van der Waals surface area contributed by atoms with Crippen LogP contribution in [-0.4, -0.2) is 10.9 Å². The number of pyridine rings is 1. The molecular weight excluding hydrogens is 231 g/mol. The van der Waals surface area contributed by atoms with Gasteiger partial charge in [0.1, 0.15) is 5.82 Å². The number of hydrogen-bond donors (Lipinski definition) is 1. The summed E-state index contributed by atoms with van der Waals surface area (Å²) in [5.74, 6) is -0.812. The maximum Gasteiger partial charge on any atom is 0.241 e. The summed E-state index contributed by atoms with van der Waals surface area (Å²) in [4.78, 5) is 15.0. The van der Waals surface area contributed by atoms with Crippen LogP contribution in [0.4, 0.5) is 4.39 Å². The van der Waals surface area contributed by atoms with E-state index in [4.69, 9.17) is 5.73 Å². The van der Waals surface area contributed by atoms with Gasteiger partial charge in [0, 0.05) is 11.6 Å². The van der Waals surface area contributed by atoms with Crippen molar-refractivity contribution >= 4 is 12.0 Å². The van der Waals surface area contributed by atoms with Gasteiger partial charge in [-0.05, 0) is 42.5 Å². The Labute approximate surface area is 104 Å². The van der Waals surface area contributed by atoms with Gasteiger partial charge in [-0.2, -0.15) is 0 Å². The number of rotatable bonds is 3. The Hall–Kier alpha value is -2.49. The molecule has 0 fully saturated rings. The zero-order chi connectivity index (χ0) is 13.0.